The van der Waals surface area contributed by atoms with E-state index in [9.17, 15) is 0 Å². The fourth-order valence-electron chi connectivity index (χ4n) is 1.80. The van der Waals surface area contributed by atoms with E-state index >= 15 is 0 Å². The van der Waals surface area contributed by atoms with Gasteiger partial charge in [-0.1, -0.05) is 26.7 Å². The zero-order chi connectivity index (χ0) is 7.61. The molecule has 2 nitrogen and oxygen atoms in total. The van der Waals surface area contributed by atoms with Gasteiger partial charge in [-0.2, -0.15) is 0 Å². The minimum absolute atomic E-state index is 0.410. The van der Waals surface area contributed by atoms with Crippen molar-refractivity contribution in [2.75, 3.05) is 0 Å². The Hall–Kier alpha value is -0.0800. The highest BCUT2D eigenvalue weighted by molar-refractivity contribution is 4.86. The predicted octanol–water partition coefficient (Wildman–Crippen LogP) is 1.42. The lowest BCUT2D eigenvalue weighted by Gasteiger charge is -2.37. The van der Waals surface area contributed by atoms with Crippen LogP contribution in [0.2, 0.25) is 0 Å². The third kappa shape index (κ3) is 1.50. The molecule has 0 aromatic heterocycles. The molecule has 10 heavy (non-hydrogen) atoms. The maximum Gasteiger partial charge on any atom is 0.0261 e. The largest absolute Gasteiger partial charge is 0.271 e. The van der Waals surface area contributed by atoms with Gasteiger partial charge in [0.25, 0.3) is 0 Å². The molecule has 0 aliphatic heterocycles. The standard InChI is InChI=1S/C8H18N2/c1-8(2)6-4-3-5-7(8)10-9/h7,10H,3-6,9H2,1-2H3/t7-/m1/s1. The van der Waals surface area contributed by atoms with Crippen molar-refractivity contribution in [2.45, 2.75) is 45.6 Å². The first kappa shape index (κ1) is 8.02. The van der Waals surface area contributed by atoms with E-state index in [4.69, 9.17) is 5.84 Å². The topological polar surface area (TPSA) is 38.0 Å². The molecule has 0 spiro atoms. The van der Waals surface area contributed by atoms with Crippen LogP contribution >= 0.6 is 0 Å². The molecule has 0 radical (unpaired) electrons. The SMILES string of the molecule is CC1(C)CCCC[C@H]1NN. The molecule has 1 saturated carbocycles. The molecule has 3 N–H and O–H groups in total. The molecule has 0 saturated heterocycles. The third-order valence-corrected chi connectivity index (χ3v) is 2.71. The maximum atomic E-state index is 5.43. The smallest absolute Gasteiger partial charge is 0.0261 e. The van der Waals surface area contributed by atoms with Gasteiger partial charge in [0, 0.05) is 6.04 Å². The molecule has 0 bridgehead atoms. The van der Waals surface area contributed by atoms with Crippen LogP contribution in [0.5, 0.6) is 0 Å². The molecule has 0 amide bonds. The number of hydrazine groups is 1. The quantitative estimate of drug-likeness (QED) is 0.429. The average Bonchev–Trinajstić information content (AvgIpc) is 1.87. The highest BCUT2D eigenvalue weighted by Crippen LogP contribution is 2.34. The molecular weight excluding hydrogens is 124 g/mol. The van der Waals surface area contributed by atoms with E-state index in [2.05, 4.69) is 19.3 Å². The summed E-state index contributed by atoms with van der Waals surface area (Å²) in [5, 5.41) is 0. The number of nitrogens with two attached hydrogens (primary N) is 1. The molecule has 1 fully saturated rings. The second-order valence-electron chi connectivity index (χ2n) is 3.95. The summed E-state index contributed by atoms with van der Waals surface area (Å²) in [5.74, 6) is 5.43. The van der Waals surface area contributed by atoms with Gasteiger partial charge in [0.2, 0.25) is 0 Å². The second kappa shape index (κ2) is 2.89. The zero-order valence-corrected chi connectivity index (χ0v) is 6.98. The number of hydrogen-bond acceptors (Lipinski definition) is 2. The molecule has 0 unspecified atom stereocenters. The van der Waals surface area contributed by atoms with E-state index in [0.29, 0.717) is 11.5 Å². The first-order valence-corrected chi connectivity index (χ1v) is 4.13. The van der Waals surface area contributed by atoms with Crippen molar-refractivity contribution >= 4 is 0 Å². The Balaban J connectivity index is 2.51. The lowest BCUT2D eigenvalue weighted by Crippen LogP contribution is -2.47. The maximum absolute atomic E-state index is 5.43. The van der Waals surface area contributed by atoms with E-state index in [1.54, 1.807) is 0 Å². The van der Waals surface area contributed by atoms with Crippen LogP contribution in [0.15, 0.2) is 0 Å². The van der Waals surface area contributed by atoms with Gasteiger partial charge in [0.05, 0.1) is 0 Å². The highest BCUT2D eigenvalue weighted by Gasteiger charge is 2.30. The molecule has 1 rings (SSSR count). The number of hydrogen-bond donors (Lipinski definition) is 2. The van der Waals surface area contributed by atoms with Crippen molar-refractivity contribution in [1.82, 2.24) is 5.43 Å². The lowest BCUT2D eigenvalue weighted by molar-refractivity contribution is 0.169. The van der Waals surface area contributed by atoms with Crippen LogP contribution in [0.4, 0.5) is 0 Å². The summed E-state index contributed by atoms with van der Waals surface area (Å²) in [6.07, 6.45) is 5.24. The Kier molecular flexibility index (Phi) is 2.32. The van der Waals surface area contributed by atoms with E-state index in [1.807, 2.05) is 0 Å². The highest BCUT2D eigenvalue weighted by atomic mass is 15.2. The van der Waals surface area contributed by atoms with Crippen LogP contribution in [0.1, 0.15) is 39.5 Å². The summed E-state index contributed by atoms with van der Waals surface area (Å²) in [7, 11) is 0. The van der Waals surface area contributed by atoms with Crippen molar-refractivity contribution in [1.29, 1.82) is 0 Å². The minimum Gasteiger partial charge on any atom is -0.271 e. The van der Waals surface area contributed by atoms with Crippen LogP contribution in [-0.4, -0.2) is 6.04 Å². The molecule has 0 aromatic rings. The summed E-state index contributed by atoms with van der Waals surface area (Å²) in [4.78, 5) is 0. The zero-order valence-electron chi connectivity index (χ0n) is 6.98. The van der Waals surface area contributed by atoms with Crippen LogP contribution in [0.3, 0.4) is 0 Å². The Morgan fingerprint density at radius 2 is 2.10 bits per heavy atom. The Bertz CT molecular complexity index is 110. The molecule has 1 atom stereocenters. The molecule has 1 aliphatic rings. The summed E-state index contributed by atoms with van der Waals surface area (Å²) in [6, 6.07) is 0.529. The average molecular weight is 142 g/mol. The number of rotatable bonds is 1. The van der Waals surface area contributed by atoms with Gasteiger partial charge in [-0.05, 0) is 18.3 Å². The molecular formula is C8H18N2. The molecule has 0 aromatic carbocycles. The van der Waals surface area contributed by atoms with Crippen LogP contribution in [-0.2, 0) is 0 Å². The Morgan fingerprint density at radius 3 is 2.50 bits per heavy atom. The van der Waals surface area contributed by atoms with E-state index in [1.165, 1.54) is 25.7 Å². The van der Waals surface area contributed by atoms with Crippen molar-refractivity contribution in [2.24, 2.45) is 11.3 Å². The summed E-state index contributed by atoms with van der Waals surface area (Å²) >= 11 is 0. The van der Waals surface area contributed by atoms with Crippen LogP contribution in [0.25, 0.3) is 0 Å². The molecule has 2 heteroatoms. The van der Waals surface area contributed by atoms with Gasteiger partial charge in [-0.3, -0.25) is 11.3 Å². The van der Waals surface area contributed by atoms with Gasteiger partial charge < -0.3 is 0 Å². The first-order chi connectivity index (χ1) is 4.67. The second-order valence-corrected chi connectivity index (χ2v) is 3.95. The van der Waals surface area contributed by atoms with Crippen molar-refractivity contribution in [3.63, 3.8) is 0 Å². The molecule has 60 valence electrons. The molecule has 1 aliphatic carbocycles. The minimum atomic E-state index is 0.410. The van der Waals surface area contributed by atoms with Gasteiger partial charge in [0.15, 0.2) is 0 Å². The van der Waals surface area contributed by atoms with Crippen molar-refractivity contribution in [3.8, 4) is 0 Å². The third-order valence-electron chi connectivity index (χ3n) is 2.71. The number of nitrogens with one attached hydrogen (secondary N) is 1. The van der Waals surface area contributed by atoms with Crippen molar-refractivity contribution in [3.05, 3.63) is 0 Å². The first-order valence-electron chi connectivity index (χ1n) is 4.13. The Morgan fingerprint density at radius 1 is 1.40 bits per heavy atom. The fourth-order valence-corrected chi connectivity index (χ4v) is 1.80. The Labute approximate surface area is 63.1 Å². The van der Waals surface area contributed by atoms with E-state index in [0.717, 1.165) is 0 Å². The van der Waals surface area contributed by atoms with Gasteiger partial charge in [-0.25, -0.2) is 0 Å². The van der Waals surface area contributed by atoms with Crippen molar-refractivity contribution < 1.29 is 0 Å². The lowest BCUT2D eigenvalue weighted by atomic mass is 9.74. The van der Waals surface area contributed by atoms with E-state index < -0.39 is 0 Å². The normalized spacial score (nSPS) is 32.1. The summed E-state index contributed by atoms with van der Waals surface area (Å²) < 4.78 is 0. The van der Waals surface area contributed by atoms with Gasteiger partial charge in [0.1, 0.15) is 0 Å². The van der Waals surface area contributed by atoms with Gasteiger partial charge >= 0.3 is 0 Å². The van der Waals surface area contributed by atoms with E-state index in [-0.39, 0.29) is 0 Å². The summed E-state index contributed by atoms with van der Waals surface area (Å²) in [5.41, 5.74) is 3.30. The predicted molar refractivity (Wildman–Crippen MR) is 43.4 cm³/mol. The monoisotopic (exact) mass is 142 g/mol. The van der Waals surface area contributed by atoms with Crippen LogP contribution in [0, 0.1) is 5.41 Å². The fraction of sp³-hybridized carbons (Fsp3) is 1.00. The molecule has 0 heterocycles. The van der Waals surface area contributed by atoms with Gasteiger partial charge in [-0.15, -0.1) is 0 Å². The summed E-state index contributed by atoms with van der Waals surface area (Å²) in [6.45, 7) is 4.58. The van der Waals surface area contributed by atoms with Crippen LogP contribution < -0.4 is 11.3 Å².